The highest BCUT2D eigenvalue weighted by molar-refractivity contribution is 5.73. The molecule has 0 aliphatic carbocycles. The fraction of sp³-hybridized carbons (Fsp3) is 0.533. The average Bonchev–Trinajstić information content (AvgIpc) is 2.44. The Balaban J connectivity index is 2.35. The Morgan fingerprint density at radius 1 is 1.35 bits per heavy atom. The molecule has 1 aromatic carbocycles. The van der Waals surface area contributed by atoms with Gasteiger partial charge >= 0.3 is 0 Å². The Bertz CT molecular complexity index is 502. The lowest BCUT2D eigenvalue weighted by molar-refractivity contribution is -0.118. The second-order valence-corrected chi connectivity index (χ2v) is 5.16. The molecule has 0 saturated heterocycles. The Labute approximate surface area is 119 Å². The van der Waals surface area contributed by atoms with E-state index >= 15 is 0 Å². The minimum atomic E-state index is -0.258. The van der Waals surface area contributed by atoms with Crippen molar-refractivity contribution in [3.8, 4) is 11.5 Å². The number of hydrogen-bond acceptors (Lipinski definition) is 4. The topological polar surface area (TPSA) is 64.8 Å². The van der Waals surface area contributed by atoms with Gasteiger partial charge in [0.25, 0.3) is 0 Å². The van der Waals surface area contributed by atoms with Crippen molar-refractivity contribution < 1.29 is 14.3 Å². The lowest BCUT2D eigenvalue weighted by atomic mass is 9.89. The maximum Gasteiger partial charge on any atom is 0.217 e. The largest absolute Gasteiger partial charge is 0.493 e. The van der Waals surface area contributed by atoms with E-state index in [-0.39, 0.29) is 11.9 Å². The number of carbonyl (C=O) groups excluding carboxylic acids is 1. The molecule has 0 radical (unpaired) electrons. The van der Waals surface area contributed by atoms with Crippen LogP contribution in [-0.2, 0) is 11.2 Å². The van der Waals surface area contributed by atoms with Gasteiger partial charge in [-0.15, -0.1) is 0 Å². The number of primary amides is 1. The number of nitrogens with two attached hydrogens (primary N) is 1. The van der Waals surface area contributed by atoms with Gasteiger partial charge in [0, 0.05) is 19.0 Å². The van der Waals surface area contributed by atoms with Crippen LogP contribution in [0.3, 0.4) is 0 Å². The fourth-order valence-corrected chi connectivity index (χ4v) is 2.81. The second-order valence-electron chi connectivity index (χ2n) is 5.16. The van der Waals surface area contributed by atoms with E-state index in [4.69, 9.17) is 15.2 Å². The first-order chi connectivity index (χ1) is 9.56. The summed E-state index contributed by atoms with van der Waals surface area (Å²) in [6, 6.07) is 4.26. The molecule has 1 heterocycles. The Kier molecular flexibility index (Phi) is 4.49. The summed E-state index contributed by atoms with van der Waals surface area (Å²) in [5.41, 5.74) is 7.74. The van der Waals surface area contributed by atoms with Crippen LogP contribution in [0.1, 0.15) is 30.0 Å². The summed E-state index contributed by atoms with van der Waals surface area (Å²) in [4.78, 5) is 13.3. The molecule has 0 fully saturated rings. The van der Waals surface area contributed by atoms with E-state index in [9.17, 15) is 4.79 Å². The number of benzene rings is 1. The summed E-state index contributed by atoms with van der Waals surface area (Å²) in [5, 5.41) is 0. The van der Waals surface area contributed by atoms with Gasteiger partial charge in [-0.2, -0.15) is 0 Å². The summed E-state index contributed by atoms with van der Waals surface area (Å²) >= 11 is 0. The van der Waals surface area contributed by atoms with Gasteiger partial charge < -0.3 is 15.2 Å². The smallest absolute Gasteiger partial charge is 0.217 e. The molecule has 0 saturated carbocycles. The van der Waals surface area contributed by atoms with Crippen molar-refractivity contribution in [3.63, 3.8) is 0 Å². The zero-order chi connectivity index (χ0) is 14.7. The monoisotopic (exact) mass is 278 g/mol. The van der Waals surface area contributed by atoms with Crippen molar-refractivity contribution in [3.05, 3.63) is 23.3 Å². The molecular formula is C15H22N2O3. The Morgan fingerprint density at radius 2 is 2.00 bits per heavy atom. The van der Waals surface area contributed by atoms with Gasteiger partial charge in [-0.05, 0) is 43.1 Å². The number of ether oxygens (including phenoxy) is 2. The average molecular weight is 278 g/mol. The lowest BCUT2D eigenvalue weighted by Gasteiger charge is -2.35. The molecule has 1 amide bonds. The van der Waals surface area contributed by atoms with E-state index < -0.39 is 0 Å². The number of likely N-dealkylation sites (N-methyl/N-ethyl adjacent to an activating group) is 1. The zero-order valence-corrected chi connectivity index (χ0v) is 12.3. The number of nitrogens with zero attached hydrogens (tertiary/aromatic N) is 1. The predicted molar refractivity (Wildman–Crippen MR) is 77.0 cm³/mol. The molecule has 5 heteroatoms. The van der Waals surface area contributed by atoms with Crippen molar-refractivity contribution in [2.24, 2.45) is 5.73 Å². The van der Waals surface area contributed by atoms with E-state index in [1.807, 2.05) is 12.1 Å². The standard InChI is InChI=1S/C15H22N2O3/c1-17-7-6-10-8-13(19-2)14(20-3)9-11(10)12(17)4-5-15(16)18/h8-9,12H,4-7H2,1-3H3,(H2,16,18). The van der Waals surface area contributed by atoms with Gasteiger partial charge in [-0.3, -0.25) is 9.69 Å². The van der Waals surface area contributed by atoms with Gasteiger partial charge in [0.05, 0.1) is 14.2 Å². The van der Waals surface area contributed by atoms with Crippen molar-refractivity contribution in [2.75, 3.05) is 27.8 Å². The Morgan fingerprint density at radius 3 is 2.60 bits per heavy atom. The van der Waals surface area contributed by atoms with E-state index in [1.165, 1.54) is 11.1 Å². The third kappa shape index (κ3) is 2.88. The minimum absolute atomic E-state index is 0.200. The van der Waals surface area contributed by atoms with Gasteiger partial charge in [-0.25, -0.2) is 0 Å². The predicted octanol–water partition coefficient (Wildman–Crippen LogP) is 1.50. The van der Waals surface area contributed by atoms with Crippen molar-refractivity contribution in [1.82, 2.24) is 4.90 Å². The van der Waals surface area contributed by atoms with E-state index in [1.54, 1.807) is 14.2 Å². The minimum Gasteiger partial charge on any atom is -0.493 e. The molecule has 0 aromatic heterocycles. The van der Waals surface area contributed by atoms with Crippen molar-refractivity contribution in [1.29, 1.82) is 0 Å². The third-order valence-electron chi connectivity index (χ3n) is 3.93. The van der Waals surface area contributed by atoms with Crippen LogP contribution in [-0.4, -0.2) is 38.6 Å². The van der Waals surface area contributed by atoms with Gasteiger partial charge in [0.15, 0.2) is 11.5 Å². The van der Waals surface area contributed by atoms with Gasteiger partial charge in [0.2, 0.25) is 5.91 Å². The highest BCUT2D eigenvalue weighted by atomic mass is 16.5. The molecule has 1 aromatic rings. The highest BCUT2D eigenvalue weighted by Crippen LogP contribution is 2.39. The molecule has 0 bridgehead atoms. The van der Waals surface area contributed by atoms with Gasteiger partial charge in [0.1, 0.15) is 0 Å². The Hall–Kier alpha value is -1.75. The molecule has 2 rings (SSSR count). The molecule has 5 nitrogen and oxygen atoms in total. The summed E-state index contributed by atoms with van der Waals surface area (Å²) in [6.07, 6.45) is 2.09. The maximum absolute atomic E-state index is 11.0. The number of fused-ring (bicyclic) bond motifs is 1. The first-order valence-electron chi connectivity index (χ1n) is 6.80. The first-order valence-corrected chi connectivity index (χ1v) is 6.80. The molecule has 1 atom stereocenters. The van der Waals surface area contributed by atoms with Crippen LogP contribution in [0.15, 0.2) is 12.1 Å². The van der Waals surface area contributed by atoms with E-state index in [0.29, 0.717) is 6.42 Å². The van der Waals surface area contributed by atoms with Crippen LogP contribution in [0.4, 0.5) is 0 Å². The van der Waals surface area contributed by atoms with Crippen LogP contribution in [0.25, 0.3) is 0 Å². The molecule has 20 heavy (non-hydrogen) atoms. The molecule has 2 N–H and O–H groups in total. The summed E-state index contributed by atoms with van der Waals surface area (Å²) in [7, 11) is 5.35. The molecule has 110 valence electrons. The normalized spacial score (nSPS) is 18.4. The maximum atomic E-state index is 11.0. The summed E-state index contributed by atoms with van der Waals surface area (Å²) in [5.74, 6) is 1.22. The zero-order valence-electron chi connectivity index (χ0n) is 12.3. The molecule has 1 aliphatic rings. The quantitative estimate of drug-likeness (QED) is 0.886. The molecular weight excluding hydrogens is 256 g/mol. The van der Waals surface area contributed by atoms with Gasteiger partial charge in [-0.1, -0.05) is 0 Å². The first kappa shape index (κ1) is 14.7. The lowest BCUT2D eigenvalue weighted by Crippen LogP contribution is -2.33. The van der Waals surface area contributed by atoms with Crippen LogP contribution < -0.4 is 15.2 Å². The third-order valence-corrected chi connectivity index (χ3v) is 3.93. The molecule has 0 spiro atoms. The second kappa shape index (κ2) is 6.13. The number of methoxy groups -OCH3 is 2. The SMILES string of the molecule is COc1cc2c(cc1OC)C(CCC(N)=O)N(C)CC2. The highest BCUT2D eigenvalue weighted by Gasteiger charge is 2.26. The summed E-state index contributed by atoms with van der Waals surface area (Å²) in [6.45, 7) is 0.964. The number of carbonyl (C=O) groups is 1. The number of hydrogen-bond donors (Lipinski definition) is 1. The molecule has 1 unspecified atom stereocenters. The van der Waals surface area contributed by atoms with Crippen LogP contribution >= 0.6 is 0 Å². The van der Waals surface area contributed by atoms with E-state index in [2.05, 4.69) is 11.9 Å². The number of rotatable bonds is 5. The van der Waals surface area contributed by atoms with Crippen LogP contribution in [0.5, 0.6) is 11.5 Å². The van der Waals surface area contributed by atoms with Crippen LogP contribution in [0, 0.1) is 0 Å². The van der Waals surface area contributed by atoms with Crippen LogP contribution in [0.2, 0.25) is 0 Å². The molecule has 1 aliphatic heterocycles. The summed E-state index contributed by atoms with van der Waals surface area (Å²) < 4.78 is 10.7. The van der Waals surface area contributed by atoms with E-state index in [0.717, 1.165) is 30.9 Å². The number of amides is 1. The van der Waals surface area contributed by atoms with Crippen molar-refractivity contribution in [2.45, 2.75) is 25.3 Å². The van der Waals surface area contributed by atoms with Crippen molar-refractivity contribution >= 4 is 5.91 Å². The fourth-order valence-electron chi connectivity index (χ4n) is 2.81.